The quantitative estimate of drug-likeness (QED) is 0.613. The molecule has 1 aromatic carbocycles. The Morgan fingerprint density at radius 3 is 2.73 bits per heavy atom. The Labute approximate surface area is 95.7 Å². The molecule has 0 bridgehead atoms. The minimum Gasteiger partial charge on any atom is -0.465 e. The lowest BCUT2D eigenvalue weighted by Gasteiger charge is -2.11. The average Bonchev–Trinajstić information content (AvgIpc) is 2.20. The summed E-state index contributed by atoms with van der Waals surface area (Å²) in [6.07, 6.45) is 0. The van der Waals surface area contributed by atoms with Gasteiger partial charge in [-0.1, -0.05) is 23.2 Å². The van der Waals surface area contributed by atoms with E-state index >= 15 is 0 Å². The van der Waals surface area contributed by atoms with Gasteiger partial charge in [-0.15, -0.1) is 0 Å². The molecule has 82 valence electrons. The van der Waals surface area contributed by atoms with E-state index in [0.29, 0.717) is 0 Å². The summed E-state index contributed by atoms with van der Waals surface area (Å²) in [6.45, 7) is 0. The minimum atomic E-state index is -1.31. The van der Waals surface area contributed by atoms with Crippen molar-refractivity contribution < 1.29 is 18.7 Å². The molecule has 0 N–H and O–H groups in total. The molecule has 0 aliphatic rings. The van der Waals surface area contributed by atoms with E-state index in [-0.39, 0.29) is 10.8 Å². The van der Waals surface area contributed by atoms with Gasteiger partial charge in [0.05, 0.1) is 12.1 Å². The lowest BCUT2D eigenvalue weighted by atomic mass is 10.3. The molecule has 6 heteroatoms. The Hall–Kier alpha value is -1.00. The Morgan fingerprint density at radius 2 is 2.20 bits per heavy atom. The van der Waals surface area contributed by atoms with Crippen molar-refractivity contribution >= 4 is 29.2 Å². The van der Waals surface area contributed by atoms with Crippen LogP contribution in [0.5, 0.6) is 5.75 Å². The summed E-state index contributed by atoms with van der Waals surface area (Å²) in [6, 6.07) is 3.47. The standard InChI is InChI=1S/C9H7Cl2FO3/c1-14-9(13)8(11)15-7-3-2-5(12)4-6(7)10/h2-4,8H,1H3. The molecular formula is C9H7Cl2FO3. The molecule has 0 aliphatic heterocycles. The summed E-state index contributed by atoms with van der Waals surface area (Å²) in [5, 5.41) is 0.0320. The molecule has 0 radical (unpaired) electrons. The molecule has 0 saturated heterocycles. The molecule has 3 nitrogen and oxygen atoms in total. The number of methoxy groups -OCH3 is 1. The zero-order valence-electron chi connectivity index (χ0n) is 7.67. The van der Waals surface area contributed by atoms with Gasteiger partial charge in [-0.3, -0.25) is 0 Å². The van der Waals surface area contributed by atoms with Crippen LogP contribution in [0.3, 0.4) is 0 Å². The molecule has 15 heavy (non-hydrogen) atoms. The summed E-state index contributed by atoms with van der Waals surface area (Å²) < 4.78 is 21.9. The summed E-state index contributed by atoms with van der Waals surface area (Å²) in [5.74, 6) is -1.14. The van der Waals surface area contributed by atoms with Crippen molar-refractivity contribution in [2.24, 2.45) is 0 Å². The first-order chi connectivity index (χ1) is 7.04. The Kier molecular flexibility index (Phi) is 4.17. The average molecular weight is 253 g/mol. The van der Waals surface area contributed by atoms with Crippen LogP contribution in [0.1, 0.15) is 0 Å². The highest BCUT2D eigenvalue weighted by Gasteiger charge is 2.18. The van der Waals surface area contributed by atoms with Crippen molar-refractivity contribution in [1.82, 2.24) is 0 Å². The molecule has 0 aliphatic carbocycles. The second-order valence-corrected chi connectivity index (χ2v) is 3.34. The van der Waals surface area contributed by atoms with Gasteiger partial charge in [0.1, 0.15) is 11.6 Å². The third-order valence-electron chi connectivity index (χ3n) is 1.51. The monoisotopic (exact) mass is 252 g/mol. The van der Waals surface area contributed by atoms with Crippen LogP contribution < -0.4 is 4.74 Å². The fourth-order valence-corrected chi connectivity index (χ4v) is 1.22. The fourth-order valence-electron chi connectivity index (χ4n) is 0.823. The number of carbonyl (C=O) groups excluding carboxylic acids is 1. The molecule has 0 fully saturated rings. The van der Waals surface area contributed by atoms with Crippen LogP contribution in [0.4, 0.5) is 4.39 Å². The molecule has 0 aromatic heterocycles. The number of halogens is 3. The van der Waals surface area contributed by atoms with Crippen LogP contribution in [0, 0.1) is 5.82 Å². The molecule has 1 unspecified atom stereocenters. The number of benzene rings is 1. The Bertz CT molecular complexity index is 370. The first-order valence-corrected chi connectivity index (χ1v) is 4.69. The predicted octanol–water partition coefficient (Wildman–Crippen LogP) is 2.60. The number of hydrogen-bond donors (Lipinski definition) is 0. The third-order valence-corrected chi connectivity index (χ3v) is 2.07. The Balaban J connectivity index is 2.76. The number of ether oxygens (including phenoxy) is 2. The summed E-state index contributed by atoms with van der Waals surface area (Å²) in [4.78, 5) is 10.9. The second kappa shape index (κ2) is 5.19. The van der Waals surface area contributed by atoms with Crippen LogP contribution in [0.25, 0.3) is 0 Å². The Morgan fingerprint density at radius 1 is 1.53 bits per heavy atom. The second-order valence-electron chi connectivity index (χ2n) is 2.53. The van der Waals surface area contributed by atoms with Gasteiger partial charge in [-0.2, -0.15) is 0 Å². The van der Waals surface area contributed by atoms with Gasteiger partial charge in [0, 0.05) is 0 Å². The maximum absolute atomic E-state index is 12.6. The maximum Gasteiger partial charge on any atom is 0.363 e. The van der Waals surface area contributed by atoms with Gasteiger partial charge in [0.25, 0.3) is 5.56 Å². The number of rotatable bonds is 3. The first-order valence-electron chi connectivity index (χ1n) is 3.88. The smallest absolute Gasteiger partial charge is 0.363 e. The summed E-state index contributed by atoms with van der Waals surface area (Å²) in [7, 11) is 1.17. The third kappa shape index (κ3) is 3.25. The van der Waals surface area contributed by atoms with Gasteiger partial charge in [0.2, 0.25) is 0 Å². The highest BCUT2D eigenvalue weighted by atomic mass is 35.5. The summed E-state index contributed by atoms with van der Waals surface area (Å²) in [5.41, 5.74) is -1.31. The largest absolute Gasteiger partial charge is 0.465 e. The zero-order valence-corrected chi connectivity index (χ0v) is 9.18. The van der Waals surface area contributed by atoms with Crippen LogP contribution in [-0.2, 0) is 9.53 Å². The lowest BCUT2D eigenvalue weighted by Crippen LogP contribution is -2.22. The number of carbonyl (C=O) groups is 1. The highest BCUT2D eigenvalue weighted by molar-refractivity contribution is 6.32. The van der Waals surface area contributed by atoms with Crippen molar-refractivity contribution in [3.63, 3.8) is 0 Å². The van der Waals surface area contributed by atoms with E-state index in [0.717, 1.165) is 12.1 Å². The van der Waals surface area contributed by atoms with Crippen LogP contribution in [0.15, 0.2) is 18.2 Å². The van der Waals surface area contributed by atoms with Crippen LogP contribution in [-0.4, -0.2) is 18.6 Å². The van der Waals surface area contributed by atoms with Gasteiger partial charge < -0.3 is 9.47 Å². The topological polar surface area (TPSA) is 35.5 Å². The maximum atomic E-state index is 12.6. The number of hydrogen-bond acceptors (Lipinski definition) is 3. The summed E-state index contributed by atoms with van der Waals surface area (Å²) >= 11 is 11.2. The van der Waals surface area contributed by atoms with Gasteiger partial charge in [0.15, 0.2) is 0 Å². The van der Waals surface area contributed by atoms with Crippen molar-refractivity contribution in [2.75, 3.05) is 7.11 Å². The van der Waals surface area contributed by atoms with E-state index in [1.54, 1.807) is 0 Å². The fraction of sp³-hybridized carbons (Fsp3) is 0.222. The zero-order chi connectivity index (χ0) is 11.4. The number of esters is 1. The SMILES string of the molecule is COC(=O)C(Cl)Oc1ccc(F)cc1Cl. The van der Waals surface area contributed by atoms with Gasteiger partial charge in [-0.25, -0.2) is 9.18 Å². The lowest BCUT2D eigenvalue weighted by molar-refractivity contribution is -0.144. The molecule has 0 amide bonds. The van der Waals surface area contributed by atoms with Crippen molar-refractivity contribution in [1.29, 1.82) is 0 Å². The molecule has 0 spiro atoms. The molecule has 1 rings (SSSR count). The molecule has 0 heterocycles. The molecule has 1 atom stereocenters. The van der Waals surface area contributed by atoms with Crippen LogP contribution in [0.2, 0.25) is 5.02 Å². The van der Waals surface area contributed by atoms with Crippen molar-refractivity contribution in [3.8, 4) is 5.75 Å². The molecule has 0 saturated carbocycles. The first kappa shape index (κ1) is 12.1. The van der Waals surface area contributed by atoms with Crippen LogP contribution >= 0.6 is 23.2 Å². The van der Waals surface area contributed by atoms with E-state index in [1.165, 1.54) is 13.2 Å². The number of alkyl halides is 1. The highest BCUT2D eigenvalue weighted by Crippen LogP contribution is 2.26. The van der Waals surface area contributed by atoms with E-state index in [2.05, 4.69) is 4.74 Å². The van der Waals surface area contributed by atoms with E-state index in [9.17, 15) is 9.18 Å². The normalized spacial score (nSPS) is 12.0. The van der Waals surface area contributed by atoms with Gasteiger partial charge in [-0.05, 0) is 18.2 Å². The van der Waals surface area contributed by atoms with Crippen molar-refractivity contribution in [2.45, 2.75) is 5.56 Å². The van der Waals surface area contributed by atoms with Gasteiger partial charge >= 0.3 is 5.97 Å². The van der Waals surface area contributed by atoms with E-state index in [4.69, 9.17) is 27.9 Å². The van der Waals surface area contributed by atoms with E-state index in [1.807, 2.05) is 0 Å². The van der Waals surface area contributed by atoms with E-state index < -0.39 is 17.3 Å². The molecular weight excluding hydrogens is 246 g/mol. The predicted molar refractivity (Wildman–Crippen MR) is 53.7 cm³/mol. The minimum absolute atomic E-state index is 0.0320. The molecule has 1 aromatic rings. The van der Waals surface area contributed by atoms with Crippen molar-refractivity contribution in [3.05, 3.63) is 29.0 Å².